The van der Waals surface area contributed by atoms with Gasteiger partial charge in [-0.2, -0.15) is 0 Å². The molecular formula is C13H15N3O3S. The Hall–Kier alpha value is -2.12. The number of pyridine rings is 1. The van der Waals surface area contributed by atoms with Gasteiger partial charge >= 0.3 is 0 Å². The van der Waals surface area contributed by atoms with Crippen molar-refractivity contribution in [3.63, 3.8) is 0 Å². The van der Waals surface area contributed by atoms with Crippen LogP contribution in [0.15, 0.2) is 47.6 Å². The minimum Gasteiger partial charge on any atom is -0.496 e. The number of hydrogen-bond donors (Lipinski definition) is 2. The second-order valence-electron chi connectivity index (χ2n) is 4.07. The highest BCUT2D eigenvalue weighted by Gasteiger charge is 2.15. The monoisotopic (exact) mass is 293 g/mol. The molecular weight excluding hydrogens is 278 g/mol. The molecule has 1 aromatic heterocycles. The van der Waals surface area contributed by atoms with Crippen molar-refractivity contribution in [3.8, 4) is 5.75 Å². The number of hydrogen-bond acceptors (Lipinski definition) is 5. The molecule has 7 heteroatoms. The number of nitrogens with two attached hydrogens (primary N) is 1. The maximum atomic E-state index is 12.1. The quantitative estimate of drug-likeness (QED) is 0.862. The number of aromatic nitrogens is 1. The standard InChI is InChI=1S/C13H15N3O3S/c1-19-12-5-3-2-4-10(12)8-16-20(17,18)13-7-6-11(14)9-15-13/h2-7,9,16H,8,14H2,1H3. The average Bonchev–Trinajstić information content (AvgIpc) is 2.46. The van der Waals surface area contributed by atoms with E-state index >= 15 is 0 Å². The molecule has 2 rings (SSSR count). The minimum atomic E-state index is -3.67. The average molecular weight is 293 g/mol. The van der Waals surface area contributed by atoms with Gasteiger partial charge < -0.3 is 10.5 Å². The fourth-order valence-corrected chi connectivity index (χ4v) is 2.58. The summed E-state index contributed by atoms with van der Waals surface area (Å²) < 4.78 is 31.8. The van der Waals surface area contributed by atoms with Gasteiger partial charge in [0.25, 0.3) is 10.0 Å². The van der Waals surface area contributed by atoms with Crippen LogP contribution in [0.3, 0.4) is 0 Å². The van der Waals surface area contributed by atoms with Crippen LogP contribution in [0, 0.1) is 0 Å². The number of sulfonamides is 1. The summed E-state index contributed by atoms with van der Waals surface area (Å²) in [5, 5.41) is -0.0680. The van der Waals surface area contributed by atoms with Crippen LogP contribution in [0.1, 0.15) is 5.56 Å². The van der Waals surface area contributed by atoms with E-state index < -0.39 is 10.0 Å². The number of para-hydroxylation sites is 1. The number of nitrogen functional groups attached to an aromatic ring is 1. The lowest BCUT2D eigenvalue weighted by molar-refractivity contribution is 0.409. The van der Waals surface area contributed by atoms with Crippen LogP contribution in [0.4, 0.5) is 5.69 Å². The molecule has 6 nitrogen and oxygen atoms in total. The Balaban J connectivity index is 2.15. The molecule has 0 radical (unpaired) electrons. The summed E-state index contributed by atoms with van der Waals surface area (Å²) in [4.78, 5) is 3.80. The van der Waals surface area contributed by atoms with E-state index in [9.17, 15) is 8.42 Å². The molecule has 0 saturated heterocycles. The van der Waals surface area contributed by atoms with Gasteiger partial charge in [0.05, 0.1) is 19.0 Å². The molecule has 0 aliphatic heterocycles. The molecule has 0 atom stereocenters. The molecule has 3 N–H and O–H groups in total. The number of rotatable bonds is 5. The Morgan fingerprint density at radius 2 is 2.00 bits per heavy atom. The molecule has 106 valence electrons. The van der Waals surface area contributed by atoms with Gasteiger partial charge in [-0.25, -0.2) is 18.1 Å². The fourth-order valence-electron chi connectivity index (χ4n) is 1.65. The maximum Gasteiger partial charge on any atom is 0.258 e. The van der Waals surface area contributed by atoms with Crippen LogP contribution >= 0.6 is 0 Å². The van der Waals surface area contributed by atoms with Crippen LogP contribution in [-0.2, 0) is 16.6 Å². The lowest BCUT2D eigenvalue weighted by Gasteiger charge is -2.09. The Kier molecular flexibility index (Phi) is 4.21. The summed E-state index contributed by atoms with van der Waals surface area (Å²) in [6.45, 7) is 0.123. The van der Waals surface area contributed by atoms with E-state index in [-0.39, 0.29) is 11.6 Å². The zero-order chi connectivity index (χ0) is 14.6. The van der Waals surface area contributed by atoms with Gasteiger partial charge in [-0.3, -0.25) is 0 Å². The second-order valence-corrected chi connectivity index (χ2v) is 5.78. The predicted octanol–water partition coefficient (Wildman–Crippen LogP) is 1.15. The van der Waals surface area contributed by atoms with Crippen LogP contribution in [0.5, 0.6) is 5.75 Å². The van der Waals surface area contributed by atoms with Gasteiger partial charge in [-0.05, 0) is 18.2 Å². The highest BCUT2D eigenvalue weighted by Crippen LogP contribution is 2.17. The van der Waals surface area contributed by atoms with Crippen molar-refractivity contribution in [2.45, 2.75) is 11.6 Å². The van der Waals surface area contributed by atoms with Crippen molar-refractivity contribution in [3.05, 3.63) is 48.2 Å². The lowest BCUT2D eigenvalue weighted by atomic mass is 10.2. The van der Waals surface area contributed by atoms with Crippen LogP contribution in [0.2, 0.25) is 0 Å². The number of nitrogens with one attached hydrogen (secondary N) is 1. The molecule has 20 heavy (non-hydrogen) atoms. The van der Waals surface area contributed by atoms with Crippen molar-refractivity contribution in [1.29, 1.82) is 0 Å². The Labute approximate surface area is 117 Å². The Morgan fingerprint density at radius 1 is 1.25 bits per heavy atom. The van der Waals surface area contributed by atoms with Gasteiger partial charge in [0.2, 0.25) is 0 Å². The van der Waals surface area contributed by atoms with Crippen LogP contribution in [-0.4, -0.2) is 20.5 Å². The van der Waals surface area contributed by atoms with Gasteiger partial charge in [0.1, 0.15) is 5.75 Å². The summed E-state index contributed by atoms with van der Waals surface area (Å²) in [6.07, 6.45) is 1.30. The first-order valence-electron chi connectivity index (χ1n) is 5.86. The molecule has 1 aromatic carbocycles. The topological polar surface area (TPSA) is 94.3 Å². The van der Waals surface area contributed by atoms with Crippen molar-refractivity contribution in [2.24, 2.45) is 0 Å². The molecule has 2 aromatic rings. The summed E-state index contributed by atoms with van der Waals surface area (Å²) >= 11 is 0. The van der Waals surface area contributed by atoms with Gasteiger partial charge in [0, 0.05) is 12.1 Å². The number of methoxy groups -OCH3 is 1. The molecule has 0 spiro atoms. The van der Waals surface area contributed by atoms with Gasteiger partial charge in [-0.1, -0.05) is 18.2 Å². The maximum absolute atomic E-state index is 12.1. The molecule has 0 amide bonds. The first-order valence-corrected chi connectivity index (χ1v) is 7.34. The van der Waals surface area contributed by atoms with E-state index in [4.69, 9.17) is 10.5 Å². The smallest absolute Gasteiger partial charge is 0.258 e. The molecule has 0 aliphatic rings. The number of ether oxygens (including phenoxy) is 1. The first-order chi connectivity index (χ1) is 9.53. The fraction of sp³-hybridized carbons (Fsp3) is 0.154. The lowest BCUT2D eigenvalue weighted by Crippen LogP contribution is -2.24. The number of anilines is 1. The van der Waals surface area contributed by atoms with Gasteiger partial charge in [-0.15, -0.1) is 0 Å². The van der Waals surface area contributed by atoms with Crippen LogP contribution in [0.25, 0.3) is 0 Å². The SMILES string of the molecule is COc1ccccc1CNS(=O)(=O)c1ccc(N)cn1. The van der Waals surface area contributed by atoms with E-state index in [1.54, 1.807) is 12.1 Å². The molecule has 0 fully saturated rings. The van der Waals surface area contributed by atoms with Crippen molar-refractivity contribution >= 4 is 15.7 Å². The molecule has 0 unspecified atom stereocenters. The van der Waals surface area contributed by atoms with E-state index in [1.807, 2.05) is 12.1 Å². The third-order valence-corrected chi connectivity index (χ3v) is 4.00. The van der Waals surface area contributed by atoms with Crippen molar-refractivity contribution < 1.29 is 13.2 Å². The molecule has 0 saturated carbocycles. The Bertz CT molecular complexity index is 684. The highest BCUT2D eigenvalue weighted by atomic mass is 32.2. The summed E-state index contributed by atoms with van der Waals surface area (Å²) in [5.41, 5.74) is 6.63. The van der Waals surface area contributed by atoms with E-state index in [0.717, 1.165) is 5.56 Å². The molecule has 1 heterocycles. The molecule has 0 bridgehead atoms. The third-order valence-electron chi connectivity index (χ3n) is 2.68. The third kappa shape index (κ3) is 3.25. The number of nitrogens with zero attached hydrogens (tertiary/aromatic N) is 1. The minimum absolute atomic E-state index is 0.0680. The van der Waals surface area contributed by atoms with E-state index in [1.165, 1.54) is 25.4 Å². The zero-order valence-corrected chi connectivity index (χ0v) is 11.7. The number of benzene rings is 1. The molecule has 0 aliphatic carbocycles. The Morgan fingerprint density at radius 3 is 2.65 bits per heavy atom. The highest BCUT2D eigenvalue weighted by molar-refractivity contribution is 7.89. The first kappa shape index (κ1) is 14.3. The largest absolute Gasteiger partial charge is 0.496 e. The van der Waals surface area contributed by atoms with Crippen LogP contribution < -0.4 is 15.2 Å². The van der Waals surface area contributed by atoms with E-state index in [0.29, 0.717) is 11.4 Å². The van der Waals surface area contributed by atoms with Crippen molar-refractivity contribution in [1.82, 2.24) is 9.71 Å². The predicted molar refractivity (Wildman–Crippen MR) is 75.7 cm³/mol. The van der Waals surface area contributed by atoms with E-state index in [2.05, 4.69) is 9.71 Å². The summed E-state index contributed by atoms with van der Waals surface area (Å²) in [5.74, 6) is 0.625. The second kappa shape index (κ2) is 5.89. The zero-order valence-electron chi connectivity index (χ0n) is 10.9. The summed E-state index contributed by atoms with van der Waals surface area (Å²) in [6, 6.07) is 10.0. The van der Waals surface area contributed by atoms with Gasteiger partial charge in [0.15, 0.2) is 5.03 Å². The normalized spacial score (nSPS) is 11.2. The summed E-state index contributed by atoms with van der Waals surface area (Å²) in [7, 11) is -2.14. The van der Waals surface area contributed by atoms with Crippen molar-refractivity contribution in [2.75, 3.05) is 12.8 Å².